The fourth-order valence-corrected chi connectivity index (χ4v) is 3.29. The molecule has 0 saturated heterocycles. The van der Waals surface area contributed by atoms with Crippen molar-refractivity contribution in [2.75, 3.05) is 0 Å². The number of non-ortho nitro benzene ring substituents is 1. The van der Waals surface area contributed by atoms with E-state index in [9.17, 15) is 28.1 Å². The number of carbonyl (C=O) groups is 1. The fourth-order valence-electron chi connectivity index (χ4n) is 3.29. The zero-order chi connectivity index (χ0) is 25.3. The monoisotopic (exact) mass is 491 g/mol. The summed E-state index contributed by atoms with van der Waals surface area (Å²) >= 11 is 0. The molecule has 0 fully saturated rings. The number of aromatic nitrogens is 6. The van der Waals surface area contributed by atoms with Crippen LogP contribution in [-0.4, -0.2) is 40.7 Å². The third-order valence-corrected chi connectivity index (χ3v) is 5.03. The van der Waals surface area contributed by atoms with Crippen molar-refractivity contribution < 1.29 is 32.0 Å². The normalized spacial score (nSPS) is 11.7. The van der Waals surface area contributed by atoms with Crippen LogP contribution in [0.1, 0.15) is 35.1 Å². The summed E-state index contributed by atoms with van der Waals surface area (Å²) in [4.78, 5) is 29.9. The molecule has 3 aromatic heterocycles. The molecule has 1 aromatic carbocycles. The van der Waals surface area contributed by atoms with Crippen LogP contribution in [0.15, 0.2) is 28.7 Å². The zero-order valence-corrected chi connectivity index (χ0v) is 18.2. The van der Waals surface area contributed by atoms with E-state index in [-0.39, 0.29) is 42.7 Å². The summed E-state index contributed by atoms with van der Waals surface area (Å²) in [6.45, 7) is 2.87. The van der Waals surface area contributed by atoms with Crippen LogP contribution in [-0.2, 0) is 28.7 Å². The van der Waals surface area contributed by atoms with E-state index in [1.54, 1.807) is 13.8 Å². The number of alkyl halides is 3. The first kappa shape index (κ1) is 23.7. The lowest BCUT2D eigenvalue weighted by atomic mass is 10.1. The summed E-state index contributed by atoms with van der Waals surface area (Å²) in [5.74, 6) is -1.96. The standard InChI is InChI=1S/C20H16F3N7O5/c1-10-14(11(2)29-19(24-10)25-18(28-29)20(21,22)23)7-8-16(31)34-9-15-26-27-17(35-15)12-3-5-13(6-4-12)30(32)33/h3-6H,7-9H2,1-2H3. The van der Waals surface area contributed by atoms with Gasteiger partial charge in [0.15, 0.2) is 6.61 Å². The van der Waals surface area contributed by atoms with E-state index in [1.807, 2.05) is 0 Å². The zero-order valence-electron chi connectivity index (χ0n) is 18.2. The summed E-state index contributed by atoms with van der Waals surface area (Å²) in [7, 11) is 0. The second kappa shape index (κ2) is 9.08. The number of nitro groups is 1. The molecule has 0 unspecified atom stereocenters. The van der Waals surface area contributed by atoms with E-state index < -0.39 is 22.9 Å². The number of rotatable bonds is 7. The highest BCUT2D eigenvalue weighted by atomic mass is 19.4. The summed E-state index contributed by atoms with van der Waals surface area (Å²) in [5, 5.41) is 21.8. The maximum Gasteiger partial charge on any atom is 0.453 e. The van der Waals surface area contributed by atoms with Gasteiger partial charge in [0.1, 0.15) is 0 Å². The summed E-state index contributed by atoms with van der Waals surface area (Å²) < 4.78 is 50.3. The van der Waals surface area contributed by atoms with Crippen molar-refractivity contribution >= 4 is 17.4 Å². The topological polar surface area (TPSA) is 151 Å². The number of benzene rings is 1. The SMILES string of the molecule is Cc1nc2nc(C(F)(F)F)nn2c(C)c1CCC(=O)OCc1nnc(-c2ccc([N+](=O)[O-])cc2)o1. The number of esters is 1. The highest BCUT2D eigenvalue weighted by molar-refractivity contribution is 5.69. The number of nitrogens with zero attached hydrogens (tertiary/aromatic N) is 7. The van der Waals surface area contributed by atoms with Gasteiger partial charge in [0.25, 0.3) is 23.2 Å². The Hall–Kier alpha value is -4.43. The lowest BCUT2D eigenvalue weighted by Crippen LogP contribution is -2.11. The number of carbonyl (C=O) groups excluding carboxylic acids is 1. The number of aryl methyl sites for hydroxylation is 2. The quantitative estimate of drug-likeness (QED) is 0.214. The molecule has 12 nitrogen and oxygen atoms in total. The molecule has 35 heavy (non-hydrogen) atoms. The van der Waals surface area contributed by atoms with Crippen molar-refractivity contribution in [1.82, 2.24) is 29.8 Å². The van der Waals surface area contributed by atoms with Crippen LogP contribution < -0.4 is 0 Å². The molecule has 0 spiro atoms. The van der Waals surface area contributed by atoms with Gasteiger partial charge in [-0.2, -0.15) is 18.2 Å². The summed E-state index contributed by atoms with van der Waals surface area (Å²) in [5.41, 5.74) is 1.72. The van der Waals surface area contributed by atoms with Crippen molar-refractivity contribution in [2.45, 2.75) is 39.5 Å². The Kier molecular flexibility index (Phi) is 6.15. The minimum Gasteiger partial charge on any atom is -0.456 e. The Morgan fingerprint density at radius 3 is 2.54 bits per heavy atom. The van der Waals surface area contributed by atoms with E-state index in [0.29, 0.717) is 22.5 Å². The Labute approximate surface area is 193 Å². The third kappa shape index (κ3) is 5.07. The predicted molar refractivity (Wildman–Crippen MR) is 110 cm³/mol. The Morgan fingerprint density at radius 2 is 1.89 bits per heavy atom. The van der Waals surface area contributed by atoms with E-state index in [1.165, 1.54) is 24.3 Å². The number of hydrogen-bond donors (Lipinski definition) is 0. The smallest absolute Gasteiger partial charge is 0.453 e. The molecule has 15 heteroatoms. The van der Waals surface area contributed by atoms with Gasteiger partial charge in [0.2, 0.25) is 5.89 Å². The van der Waals surface area contributed by atoms with Crippen LogP contribution >= 0.6 is 0 Å². The van der Waals surface area contributed by atoms with E-state index in [0.717, 1.165) is 4.52 Å². The van der Waals surface area contributed by atoms with Crippen molar-refractivity contribution in [3.8, 4) is 11.5 Å². The minimum absolute atomic E-state index is 0.0180. The molecule has 182 valence electrons. The molecule has 3 heterocycles. The van der Waals surface area contributed by atoms with Gasteiger partial charge in [-0.25, -0.2) is 9.50 Å². The second-order valence-electron chi connectivity index (χ2n) is 7.37. The predicted octanol–water partition coefficient (Wildman–Crippen LogP) is 3.39. The van der Waals surface area contributed by atoms with Crippen LogP contribution in [0.2, 0.25) is 0 Å². The highest BCUT2D eigenvalue weighted by Crippen LogP contribution is 2.27. The first-order chi connectivity index (χ1) is 16.5. The number of nitro benzene ring substituents is 1. The van der Waals surface area contributed by atoms with Gasteiger partial charge >= 0.3 is 12.1 Å². The Morgan fingerprint density at radius 1 is 1.17 bits per heavy atom. The molecular formula is C20H16F3N7O5. The molecule has 4 aromatic rings. The lowest BCUT2D eigenvalue weighted by Gasteiger charge is -2.10. The van der Waals surface area contributed by atoms with Crippen LogP contribution in [0, 0.1) is 24.0 Å². The molecule has 0 aliphatic rings. The van der Waals surface area contributed by atoms with Crippen LogP contribution in [0.3, 0.4) is 0 Å². The molecule has 0 aliphatic carbocycles. The maximum absolute atomic E-state index is 12.9. The van der Waals surface area contributed by atoms with Crippen molar-refractivity contribution in [3.05, 3.63) is 63.0 Å². The molecule has 0 radical (unpaired) electrons. The molecule has 0 N–H and O–H groups in total. The number of halogens is 3. The van der Waals surface area contributed by atoms with Crippen LogP contribution in [0.4, 0.5) is 18.9 Å². The van der Waals surface area contributed by atoms with Crippen LogP contribution in [0.25, 0.3) is 17.2 Å². The van der Waals surface area contributed by atoms with Crippen molar-refractivity contribution in [2.24, 2.45) is 0 Å². The van der Waals surface area contributed by atoms with Gasteiger partial charge in [-0.1, -0.05) is 0 Å². The second-order valence-corrected chi connectivity index (χ2v) is 7.37. The van der Waals surface area contributed by atoms with Gasteiger partial charge in [0.05, 0.1) is 4.92 Å². The molecule has 0 atom stereocenters. The Balaban J connectivity index is 1.37. The molecule has 0 bridgehead atoms. The van der Waals surface area contributed by atoms with Gasteiger partial charge in [-0.15, -0.1) is 15.3 Å². The van der Waals surface area contributed by atoms with Gasteiger partial charge in [-0.05, 0) is 38.0 Å². The third-order valence-electron chi connectivity index (χ3n) is 5.03. The van der Waals surface area contributed by atoms with E-state index >= 15 is 0 Å². The molecule has 0 aliphatic heterocycles. The first-order valence-corrected chi connectivity index (χ1v) is 10.1. The van der Waals surface area contributed by atoms with Gasteiger partial charge in [-0.3, -0.25) is 14.9 Å². The molecule has 0 saturated carbocycles. The molecular weight excluding hydrogens is 475 g/mol. The minimum atomic E-state index is -4.70. The fraction of sp³-hybridized carbons (Fsp3) is 0.300. The molecule has 4 rings (SSSR count). The first-order valence-electron chi connectivity index (χ1n) is 10.1. The molecule has 0 amide bonds. The Bertz CT molecular complexity index is 1410. The lowest BCUT2D eigenvalue weighted by molar-refractivity contribution is -0.384. The van der Waals surface area contributed by atoms with Crippen LogP contribution in [0.5, 0.6) is 0 Å². The van der Waals surface area contributed by atoms with E-state index in [4.69, 9.17) is 9.15 Å². The van der Waals surface area contributed by atoms with E-state index in [2.05, 4.69) is 25.3 Å². The summed E-state index contributed by atoms with van der Waals surface area (Å²) in [6, 6.07) is 5.48. The summed E-state index contributed by atoms with van der Waals surface area (Å²) in [6.07, 6.45) is -4.64. The number of hydrogen-bond acceptors (Lipinski definition) is 10. The average Bonchev–Trinajstić information content (AvgIpc) is 3.45. The van der Waals surface area contributed by atoms with Gasteiger partial charge < -0.3 is 9.15 Å². The van der Waals surface area contributed by atoms with Crippen molar-refractivity contribution in [3.63, 3.8) is 0 Å². The average molecular weight is 491 g/mol. The highest BCUT2D eigenvalue weighted by Gasteiger charge is 2.37. The van der Waals surface area contributed by atoms with Crippen molar-refractivity contribution in [1.29, 1.82) is 0 Å². The maximum atomic E-state index is 12.9. The van der Waals surface area contributed by atoms with Gasteiger partial charge in [0, 0.05) is 35.5 Å². The number of ether oxygens (including phenoxy) is 1. The number of fused-ring (bicyclic) bond motifs is 1. The largest absolute Gasteiger partial charge is 0.456 e.